The molecule has 0 fully saturated rings. The maximum atomic E-state index is 11.2. The molecule has 4 nitrogen and oxygen atoms in total. The highest BCUT2D eigenvalue weighted by atomic mass is 16.5. The molecule has 86 valence electrons. The molecule has 0 spiro atoms. The summed E-state index contributed by atoms with van der Waals surface area (Å²) < 4.78 is 4.83. The summed E-state index contributed by atoms with van der Waals surface area (Å²) in [6.07, 6.45) is 1.05. The van der Waals surface area contributed by atoms with E-state index < -0.39 is 5.91 Å². The van der Waals surface area contributed by atoms with Crippen LogP contribution in [0.3, 0.4) is 0 Å². The fourth-order valence-corrected chi connectivity index (χ4v) is 1.23. The van der Waals surface area contributed by atoms with Gasteiger partial charge in [-0.25, -0.2) is 0 Å². The number of carbonyl (C=O) groups excluding carboxylic acids is 2. The van der Waals surface area contributed by atoms with Crippen molar-refractivity contribution in [1.82, 2.24) is 0 Å². The van der Waals surface area contributed by atoms with Gasteiger partial charge >= 0.3 is 5.97 Å². The van der Waals surface area contributed by atoms with Crippen LogP contribution in [-0.4, -0.2) is 18.5 Å². The maximum Gasteiger partial charge on any atom is 0.306 e. The molecule has 0 aliphatic heterocycles. The Labute approximate surface area is 94.4 Å². The van der Waals surface area contributed by atoms with Gasteiger partial charge in [0.1, 0.15) is 6.61 Å². The van der Waals surface area contributed by atoms with E-state index in [1.807, 2.05) is 30.3 Å². The van der Waals surface area contributed by atoms with Crippen LogP contribution in [0.2, 0.25) is 0 Å². The van der Waals surface area contributed by atoms with Crippen molar-refractivity contribution in [3.8, 4) is 0 Å². The number of rotatable bonds is 6. The number of hydrogen-bond acceptors (Lipinski definition) is 3. The highest BCUT2D eigenvalue weighted by Gasteiger charge is 2.04. The van der Waals surface area contributed by atoms with Crippen molar-refractivity contribution in [2.75, 3.05) is 6.61 Å². The molecule has 1 amide bonds. The SMILES string of the molecule is NC(=O)CCOC(=O)CCc1ccccc1. The fraction of sp³-hybridized carbons (Fsp3) is 0.333. The van der Waals surface area contributed by atoms with Gasteiger partial charge in [-0.3, -0.25) is 9.59 Å². The summed E-state index contributed by atoms with van der Waals surface area (Å²) in [6, 6.07) is 9.68. The largest absolute Gasteiger partial charge is 0.465 e. The Hall–Kier alpha value is -1.84. The molecule has 4 heteroatoms. The van der Waals surface area contributed by atoms with Gasteiger partial charge in [0.15, 0.2) is 0 Å². The zero-order chi connectivity index (χ0) is 11.8. The molecule has 0 radical (unpaired) electrons. The van der Waals surface area contributed by atoms with Gasteiger partial charge in [-0.2, -0.15) is 0 Å². The number of benzene rings is 1. The van der Waals surface area contributed by atoms with Crippen molar-refractivity contribution < 1.29 is 14.3 Å². The van der Waals surface area contributed by atoms with Crippen molar-refractivity contribution >= 4 is 11.9 Å². The van der Waals surface area contributed by atoms with Crippen LogP contribution in [0.4, 0.5) is 0 Å². The Bertz CT molecular complexity index is 349. The summed E-state index contributed by atoms with van der Waals surface area (Å²) in [4.78, 5) is 21.6. The van der Waals surface area contributed by atoms with Crippen LogP contribution in [0.15, 0.2) is 30.3 Å². The summed E-state index contributed by atoms with van der Waals surface area (Å²) in [6.45, 7) is 0.0724. The molecule has 0 saturated carbocycles. The third-order valence-electron chi connectivity index (χ3n) is 2.07. The average Bonchev–Trinajstić information content (AvgIpc) is 2.27. The maximum absolute atomic E-state index is 11.2. The summed E-state index contributed by atoms with van der Waals surface area (Å²) in [5.41, 5.74) is 6.01. The van der Waals surface area contributed by atoms with Crippen molar-refractivity contribution in [2.24, 2.45) is 5.73 Å². The van der Waals surface area contributed by atoms with Gasteiger partial charge in [0.05, 0.1) is 6.42 Å². The zero-order valence-electron chi connectivity index (χ0n) is 9.02. The van der Waals surface area contributed by atoms with Crippen molar-refractivity contribution in [3.05, 3.63) is 35.9 Å². The third-order valence-corrected chi connectivity index (χ3v) is 2.07. The predicted octanol–water partition coefficient (Wildman–Crippen LogP) is 1.04. The van der Waals surface area contributed by atoms with Crippen molar-refractivity contribution in [2.45, 2.75) is 19.3 Å². The second-order valence-corrected chi connectivity index (χ2v) is 3.42. The van der Waals surface area contributed by atoms with Gasteiger partial charge in [-0.1, -0.05) is 30.3 Å². The molecular formula is C12H15NO3. The summed E-state index contributed by atoms with van der Waals surface area (Å²) in [5, 5.41) is 0. The van der Waals surface area contributed by atoms with E-state index in [4.69, 9.17) is 10.5 Å². The van der Waals surface area contributed by atoms with Crippen LogP contribution >= 0.6 is 0 Å². The lowest BCUT2D eigenvalue weighted by Crippen LogP contribution is -2.15. The van der Waals surface area contributed by atoms with Crippen molar-refractivity contribution in [1.29, 1.82) is 0 Å². The standard InChI is InChI=1S/C12H15NO3/c13-11(14)8-9-16-12(15)7-6-10-4-2-1-3-5-10/h1-5H,6-9H2,(H2,13,14). The smallest absolute Gasteiger partial charge is 0.306 e. The van der Waals surface area contributed by atoms with Gasteiger partial charge in [-0.15, -0.1) is 0 Å². The van der Waals surface area contributed by atoms with Gasteiger partial charge in [0, 0.05) is 6.42 Å². The van der Waals surface area contributed by atoms with E-state index in [0.29, 0.717) is 12.8 Å². The molecule has 1 rings (SSSR count). The summed E-state index contributed by atoms with van der Waals surface area (Å²) in [5.74, 6) is -0.763. The lowest BCUT2D eigenvalue weighted by atomic mass is 10.1. The number of amides is 1. The molecule has 0 unspecified atom stereocenters. The summed E-state index contributed by atoms with van der Waals surface area (Å²) in [7, 11) is 0. The molecule has 2 N–H and O–H groups in total. The molecule has 1 aromatic carbocycles. The van der Waals surface area contributed by atoms with Crippen molar-refractivity contribution in [3.63, 3.8) is 0 Å². The Morgan fingerprint density at radius 1 is 1.12 bits per heavy atom. The molecule has 0 bridgehead atoms. The number of primary amides is 1. The number of hydrogen-bond donors (Lipinski definition) is 1. The molecule has 16 heavy (non-hydrogen) atoms. The number of aryl methyl sites for hydroxylation is 1. The molecular weight excluding hydrogens is 206 g/mol. The lowest BCUT2D eigenvalue weighted by Gasteiger charge is -2.03. The van der Waals surface area contributed by atoms with E-state index in [2.05, 4.69) is 0 Å². The predicted molar refractivity (Wildman–Crippen MR) is 59.5 cm³/mol. The monoisotopic (exact) mass is 221 g/mol. The van der Waals surface area contributed by atoms with E-state index in [-0.39, 0.29) is 19.0 Å². The van der Waals surface area contributed by atoms with Gasteiger partial charge in [0.2, 0.25) is 5.91 Å². The lowest BCUT2D eigenvalue weighted by molar-refractivity contribution is -0.144. The van der Waals surface area contributed by atoms with Gasteiger partial charge < -0.3 is 10.5 Å². The van der Waals surface area contributed by atoms with Gasteiger partial charge in [-0.05, 0) is 12.0 Å². The molecule has 0 aliphatic rings. The molecule has 0 aromatic heterocycles. The van der Waals surface area contributed by atoms with Crippen LogP contribution in [0.25, 0.3) is 0 Å². The molecule has 0 atom stereocenters. The third kappa shape index (κ3) is 5.14. The van der Waals surface area contributed by atoms with E-state index in [1.165, 1.54) is 0 Å². The molecule has 0 saturated heterocycles. The minimum absolute atomic E-state index is 0.0724. The van der Waals surface area contributed by atoms with Crippen LogP contribution in [-0.2, 0) is 20.7 Å². The normalized spacial score (nSPS) is 9.75. The Morgan fingerprint density at radius 2 is 1.81 bits per heavy atom. The average molecular weight is 221 g/mol. The zero-order valence-corrected chi connectivity index (χ0v) is 9.02. The minimum Gasteiger partial charge on any atom is -0.465 e. The van der Waals surface area contributed by atoms with E-state index in [9.17, 15) is 9.59 Å². The number of carbonyl (C=O) groups is 2. The van der Waals surface area contributed by atoms with E-state index in [0.717, 1.165) is 5.56 Å². The molecule has 0 heterocycles. The first-order valence-corrected chi connectivity index (χ1v) is 5.16. The second-order valence-electron chi connectivity index (χ2n) is 3.42. The topological polar surface area (TPSA) is 69.4 Å². The fourth-order valence-electron chi connectivity index (χ4n) is 1.23. The second kappa shape index (κ2) is 6.61. The van der Waals surface area contributed by atoms with Crippen LogP contribution in [0, 0.1) is 0 Å². The Balaban J connectivity index is 2.18. The quantitative estimate of drug-likeness (QED) is 0.729. The Kier molecular flexibility index (Phi) is 5.05. The van der Waals surface area contributed by atoms with Crippen LogP contribution in [0.5, 0.6) is 0 Å². The Morgan fingerprint density at radius 3 is 2.44 bits per heavy atom. The first kappa shape index (κ1) is 12.2. The molecule has 0 aliphatic carbocycles. The number of nitrogens with two attached hydrogens (primary N) is 1. The first-order chi connectivity index (χ1) is 7.68. The van der Waals surface area contributed by atoms with E-state index >= 15 is 0 Å². The first-order valence-electron chi connectivity index (χ1n) is 5.16. The minimum atomic E-state index is -0.462. The highest BCUT2D eigenvalue weighted by molar-refractivity contribution is 5.74. The number of esters is 1. The summed E-state index contributed by atoms with van der Waals surface area (Å²) >= 11 is 0. The number of ether oxygens (including phenoxy) is 1. The van der Waals surface area contributed by atoms with E-state index in [1.54, 1.807) is 0 Å². The van der Waals surface area contributed by atoms with Crippen LogP contribution in [0.1, 0.15) is 18.4 Å². The highest BCUT2D eigenvalue weighted by Crippen LogP contribution is 2.03. The van der Waals surface area contributed by atoms with Gasteiger partial charge in [0.25, 0.3) is 0 Å². The molecule has 1 aromatic rings. The van der Waals surface area contributed by atoms with Crippen LogP contribution < -0.4 is 5.73 Å².